The van der Waals surface area contributed by atoms with Gasteiger partial charge in [0, 0.05) is 0 Å². The summed E-state index contributed by atoms with van der Waals surface area (Å²) >= 11 is 0. The molecular formula is C15H12N2O4. The summed E-state index contributed by atoms with van der Waals surface area (Å²) in [5.74, 6) is 0.491. The second-order valence-electron chi connectivity index (χ2n) is 4.47. The SMILES string of the molecule is COc1cccc2c(=O)n(-c3ccc(O)cc3)c(=O)[nH]c12. The number of phenolic OH excluding ortho intramolecular Hbond substituents is 1. The Hall–Kier alpha value is -3.02. The molecule has 0 spiro atoms. The molecule has 1 heterocycles. The minimum absolute atomic E-state index is 0.0608. The van der Waals surface area contributed by atoms with Crippen LogP contribution in [0, 0.1) is 0 Å². The average molecular weight is 284 g/mol. The Morgan fingerprint density at radius 1 is 1.10 bits per heavy atom. The Balaban J connectivity index is 2.38. The highest BCUT2D eigenvalue weighted by Gasteiger charge is 2.12. The molecule has 21 heavy (non-hydrogen) atoms. The molecule has 0 aliphatic carbocycles. The second-order valence-corrected chi connectivity index (χ2v) is 4.47. The van der Waals surface area contributed by atoms with Crippen LogP contribution >= 0.6 is 0 Å². The van der Waals surface area contributed by atoms with Crippen molar-refractivity contribution >= 4 is 10.9 Å². The van der Waals surface area contributed by atoms with Crippen LogP contribution in [0.3, 0.4) is 0 Å². The lowest BCUT2D eigenvalue weighted by atomic mass is 10.2. The fraction of sp³-hybridized carbons (Fsp3) is 0.0667. The molecule has 2 aromatic carbocycles. The number of phenols is 1. The third-order valence-electron chi connectivity index (χ3n) is 3.22. The van der Waals surface area contributed by atoms with Gasteiger partial charge in [0.05, 0.1) is 23.7 Å². The molecule has 3 aromatic rings. The molecule has 106 valence electrons. The summed E-state index contributed by atoms with van der Waals surface area (Å²) in [7, 11) is 1.47. The Kier molecular flexibility index (Phi) is 2.98. The maximum Gasteiger partial charge on any atom is 0.333 e. The predicted octanol–water partition coefficient (Wildman–Crippen LogP) is 1.39. The highest BCUT2D eigenvalue weighted by atomic mass is 16.5. The third-order valence-corrected chi connectivity index (χ3v) is 3.22. The van der Waals surface area contributed by atoms with E-state index < -0.39 is 11.2 Å². The first-order valence-corrected chi connectivity index (χ1v) is 6.23. The molecule has 0 aliphatic heterocycles. The summed E-state index contributed by atoms with van der Waals surface area (Å²) in [4.78, 5) is 27.4. The Morgan fingerprint density at radius 3 is 2.48 bits per heavy atom. The van der Waals surface area contributed by atoms with Crippen molar-refractivity contribution in [1.82, 2.24) is 9.55 Å². The average Bonchev–Trinajstić information content (AvgIpc) is 2.48. The molecule has 0 radical (unpaired) electrons. The standard InChI is InChI=1S/C15H12N2O4/c1-21-12-4-2-3-11-13(12)16-15(20)17(14(11)19)9-5-7-10(18)8-6-9/h2-8,18H,1H3,(H,16,20). The van der Waals surface area contributed by atoms with Crippen molar-refractivity contribution in [3.05, 3.63) is 63.3 Å². The Morgan fingerprint density at radius 2 is 1.81 bits per heavy atom. The van der Waals surface area contributed by atoms with Crippen LogP contribution in [0.1, 0.15) is 0 Å². The lowest BCUT2D eigenvalue weighted by Gasteiger charge is -2.08. The number of aromatic hydroxyl groups is 1. The number of fused-ring (bicyclic) bond motifs is 1. The topological polar surface area (TPSA) is 84.3 Å². The van der Waals surface area contributed by atoms with Gasteiger partial charge in [0.1, 0.15) is 11.5 Å². The number of para-hydroxylation sites is 1. The van der Waals surface area contributed by atoms with Gasteiger partial charge >= 0.3 is 5.69 Å². The lowest BCUT2D eigenvalue weighted by molar-refractivity contribution is 0.418. The van der Waals surface area contributed by atoms with Crippen LogP contribution in [0.15, 0.2) is 52.1 Å². The molecule has 0 aliphatic rings. The van der Waals surface area contributed by atoms with Crippen molar-refractivity contribution in [3.63, 3.8) is 0 Å². The molecule has 0 unspecified atom stereocenters. The number of nitrogens with zero attached hydrogens (tertiary/aromatic N) is 1. The van der Waals surface area contributed by atoms with Crippen LogP contribution in [-0.4, -0.2) is 21.8 Å². The molecule has 1 aromatic heterocycles. The van der Waals surface area contributed by atoms with Gasteiger partial charge in [-0.25, -0.2) is 9.36 Å². The fourth-order valence-electron chi connectivity index (χ4n) is 2.22. The highest BCUT2D eigenvalue weighted by molar-refractivity contribution is 5.83. The van der Waals surface area contributed by atoms with E-state index >= 15 is 0 Å². The number of hydrogen-bond donors (Lipinski definition) is 2. The van der Waals surface area contributed by atoms with Gasteiger partial charge in [-0.15, -0.1) is 0 Å². The molecule has 0 amide bonds. The smallest absolute Gasteiger partial charge is 0.333 e. The molecular weight excluding hydrogens is 272 g/mol. The maximum absolute atomic E-state index is 12.5. The van der Waals surface area contributed by atoms with E-state index in [2.05, 4.69) is 4.98 Å². The molecule has 0 saturated carbocycles. The summed E-state index contributed by atoms with van der Waals surface area (Å²) in [5, 5.41) is 9.64. The van der Waals surface area contributed by atoms with E-state index in [0.717, 1.165) is 4.57 Å². The summed E-state index contributed by atoms with van der Waals surface area (Å²) in [6, 6.07) is 10.8. The summed E-state index contributed by atoms with van der Waals surface area (Å²) in [6.45, 7) is 0. The van der Waals surface area contributed by atoms with E-state index in [0.29, 0.717) is 22.3 Å². The monoisotopic (exact) mass is 284 g/mol. The van der Waals surface area contributed by atoms with Gasteiger partial charge in [-0.1, -0.05) is 6.07 Å². The van der Waals surface area contributed by atoms with Gasteiger partial charge in [-0.3, -0.25) is 4.79 Å². The Labute approximate surface area is 118 Å². The number of nitrogens with one attached hydrogen (secondary N) is 1. The minimum atomic E-state index is -0.567. The molecule has 2 N–H and O–H groups in total. The van der Waals surface area contributed by atoms with E-state index in [4.69, 9.17) is 4.74 Å². The summed E-state index contributed by atoms with van der Waals surface area (Å²) in [5.41, 5.74) is -0.269. The zero-order chi connectivity index (χ0) is 15.0. The number of aromatic amines is 1. The van der Waals surface area contributed by atoms with Crippen LogP contribution in [0.2, 0.25) is 0 Å². The number of ether oxygens (including phenoxy) is 1. The van der Waals surface area contributed by atoms with Gasteiger partial charge < -0.3 is 14.8 Å². The predicted molar refractivity (Wildman–Crippen MR) is 78.4 cm³/mol. The van der Waals surface area contributed by atoms with Crippen molar-refractivity contribution in [1.29, 1.82) is 0 Å². The van der Waals surface area contributed by atoms with Crippen molar-refractivity contribution < 1.29 is 9.84 Å². The van der Waals surface area contributed by atoms with Crippen molar-refractivity contribution in [2.75, 3.05) is 7.11 Å². The van der Waals surface area contributed by atoms with Gasteiger partial charge in [0.2, 0.25) is 0 Å². The first-order chi connectivity index (χ1) is 10.1. The molecule has 0 atom stereocenters. The van der Waals surface area contributed by atoms with E-state index in [9.17, 15) is 14.7 Å². The number of aromatic nitrogens is 2. The first-order valence-electron chi connectivity index (χ1n) is 6.23. The number of rotatable bonds is 2. The zero-order valence-electron chi connectivity index (χ0n) is 11.2. The largest absolute Gasteiger partial charge is 0.508 e. The van der Waals surface area contributed by atoms with Gasteiger partial charge in [0.25, 0.3) is 5.56 Å². The Bertz CT molecular complexity index is 923. The van der Waals surface area contributed by atoms with E-state index in [1.807, 2.05) is 0 Å². The second kappa shape index (κ2) is 4.82. The zero-order valence-corrected chi connectivity index (χ0v) is 11.2. The normalized spacial score (nSPS) is 10.7. The quantitative estimate of drug-likeness (QED) is 0.745. The minimum Gasteiger partial charge on any atom is -0.508 e. The van der Waals surface area contributed by atoms with Crippen molar-refractivity contribution in [3.8, 4) is 17.2 Å². The molecule has 0 bridgehead atoms. The van der Waals surface area contributed by atoms with Crippen molar-refractivity contribution in [2.45, 2.75) is 0 Å². The van der Waals surface area contributed by atoms with E-state index in [1.165, 1.54) is 31.4 Å². The lowest BCUT2D eigenvalue weighted by Crippen LogP contribution is -2.33. The van der Waals surface area contributed by atoms with Crippen molar-refractivity contribution in [2.24, 2.45) is 0 Å². The number of H-pyrrole nitrogens is 1. The van der Waals surface area contributed by atoms with Gasteiger partial charge in [-0.2, -0.15) is 0 Å². The van der Waals surface area contributed by atoms with Crippen LogP contribution in [-0.2, 0) is 0 Å². The van der Waals surface area contributed by atoms with Crippen LogP contribution in [0.4, 0.5) is 0 Å². The van der Waals surface area contributed by atoms with E-state index in [-0.39, 0.29) is 5.75 Å². The maximum atomic E-state index is 12.5. The number of hydrogen-bond acceptors (Lipinski definition) is 4. The van der Waals surface area contributed by atoms with Gasteiger partial charge in [0.15, 0.2) is 0 Å². The summed E-state index contributed by atoms with van der Waals surface area (Å²) < 4.78 is 6.16. The molecule has 6 heteroatoms. The van der Waals surface area contributed by atoms with Crippen LogP contribution < -0.4 is 16.0 Å². The fourth-order valence-corrected chi connectivity index (χ4v) is 2.22. The number of methoxy groups -OCH3 is 1. The molecule has 0 fully saturated rings. The molecule has 3 rings (SSSR count). The first kappa shape index (κ1) is 13.0. The number of benzene rings is 2. The molecule has 0 saturated heterocycles. The van der Waals surface area contributed by atoms with Crippen LogP contribution in [0.5, 0.6) is 11.5 Å². The van der Waals surface area contributed by atoms with E-state index in [1.54, 1.807) is 18.2 Å². The highest BCUT2D eigenvalue weighted by Crippen LogP contribution is 2.20. The summed E-state index contributed by atoms with van der Waals surface area (Å²) in [6.07, 6.45) is 0. The molecule has 6 nitrogen and oxygen atoms in total. The van der Waals surface area contributed by atoms with Gasteiger partial charge in [-0.05, 0) is 36.4 Å². The third kappa shape index (κ3) is 2.06. The van der Waals surface area contributed by atoms with Crippen LogP contribution in [0.25, 0.3) is 16.6 Å².